The van der Waals surface area contributed by atoms with Gasteiger partial charge >= 0.3 is 5.97 Å². The van der Waals surface area contributed by atoms with Crippen molar-refractivity contribution in [2.24, 2.45) is 0 Å². The number of benzene rings is 1. The lowest BCUT2D eigenvalue weighted by molar-refractivity contribution is -0.144. The predicted octanol–water partition coefficient (Wildman–Crippen LogP) is 4.15. The second-order valence-electron chi connectivity index (χ2n) is 5.71. The zero-order valence-electron chi connectivity index (χ0n) is 14.8. The van der Waals surface area contributed by atoms with Gasteiger partial charge in [-0.25, -0.2) is 4.98 Å². The van der Waals surface area contributed by atoms with Gasteiger partial charge in [-0.1, -0.05) is 12.1 Å². The van der Waals surface area contributed by atoms with Gasteiger partial charge in [0.15, 0.2) is 0 Å². The smallest absolute Gasteiger partial charge is 0.306 e. The number of amides is 1. The Labute approximate surface area is 161 Å². The minimum absolute atomic E-state index is 0.0694. The molecule has 0 saturated heterocycles. The zero-order chi connectivity index (χ0) is 19.1. The van der Waals surface area contributed by atoms with Crippen molar-refractivity contribution in [1.82, 2.24) is 9.97 Å². The Hall–Kier alpha value is -3.06. The van der Waals surface area contributed by atoms with Crippen molar-refractivity contribution >= 4 is 28.9 Å². The summed E-state index contributed by atoms with van der Waals surface area (Å²) in [6, 6.07) is 11.3. The van der Waals surface area contributed by atoms with Gasteiger partial charge in [0.1, 0.15) is 5.01 Å². The number of rotatable bonds is 7. The van der Waals surface area contributed by atoms with E-state index in [0.717, 1.165) is 21.8 Å². The molecule has 0 saturated carbocycles. The van der Waals surface area contributed by atoms with Gasteiger partial charge in [-0.2, -0.15) is 0 Å². The maximum atomic E-state index is 12.0. The summed E-state index contributed by atoms with van der Waals surface area (Å²) in [5.74, 6) is -0.596. The van der Waals surface area contributed by atoms with Crippen LogP contribution in [0.1, 0.15) is 19.8 Å². The molecule has 0 bridgehead atoms. The average Bonchev–Trinajstić information content (AvgIpc) is 3.18. The van der Waals surface area contributed by atoms with Crippen LogP contribution in [0.15, 0.2) is 54.2 Å². The lowest BCUT2D eigenvalue weighted by Crippen LogP contribution is -2.14. The topological polar surface area (TPSA) is 81.2 Å². The fraction of sp³-hybridized carbons (Fsp3) is 0.200. The van der Waals surface area contributed by atoms with Crippen LogP contribution in [0.4, 0.5) is 5.69 Å². The molecule has 0 fully saturated rings. The van der Waals surface area contributed by atoms with E-state index in [1.807, 2.05) is 35.7 Å². The Morgan fingerprint density at radius 3 is 2.78 bits per heavy atom. The molecule has 2 aromatic heterocycles. The molecule has 7 heteroatoms. The molecule has 0 aliphatic heterocycles. The van der Waals surface area contributed by atoms with Crippen molar-refractivity contribution in [3.05, 3.63) is 54.2 Å². The molecule has 0 spiro atoms. The summed E-state index contributed by atoms with van der Waals surface area (Å²) >= 11 is 1.54. The number of aromatic nitrogens is 2. The van der Waals surface area contributed by atoms with E-state index in [9.17, 15) is 9.59 Å². The van der Waals surface area contributed by atoms with Crippen LogP contribution < -0.4 is 5.32 Å². The fourth-order valence-corrected chi connectivity index (χ4v) is 3.28. The first-order chi connectivity index (χ1) is 13.2. The Morgan fingerprint density at radius 1 is 1.15 bits per heavy atom. The Bertz CT molecular complexity index is 925. The van der Waals surface area contributed by atoms with Crippen LogP contribution >= 0.6 is 11.3 Å². The van der Waals surface area contributed by atoms with Crippen LogP contribution in [0.3, 0.4) is 0 Å². The lowest BCUT2D eigenvalue weighted by Gasteiger charge is -2.06. The minimum atomic E-state index is -0.369. The second kappa shape index (κ2) is 9.05. The number of hydrogen-bond acceptors (Lipinski definition) is 6. The summed E-state index contributed by atoms with van der Waals surface area (Å²) < 4.78 is 4.83. The number of anilines is 1. The van der Waals surface area contributed by atoms with Gasteiger partial charge in [0, 0.05) is 41.0 Å². The molecular weight excluding hydrogens is 362 g/mol. The molecule has 0 unspecified atom stereocenters. The highest BCUT2D eigenvalue weighted by Crippen LogP contribution is 2.29. The summed E-state index contributed by atoms with van der Waals surface area (Å²) in [7, 11) is 0. The third-order valence-electron chi connectivity index (χ3n) is 3.72. The van der Waals surface area contributed by atoms with Crippen molar-refractivity contribution in [1.29, 1.82) is 0 Å². The normalized spacial score (nSPS) is 10.4. The summed E-state index contributed by atoms with van der Waals surface area (Å²) in [6.45, 7) is 2.05. The summed E-state index contributed by atoms with van der Waals surface area (Å²) in [4.78, 5) is 32.1. The Kier molecular flexibility index (Phi) is 6.27. The number of nitrogens with one attached hydrogen (secondary N) is 1. The van der Waals surface area contributed by atoms with E-state index in [0.29, 0.717) is 12.3 Å². The molecule has 1 aromatic carbocycles. The van der Waals surface area contributed by atoms with Crippen molar-refractivity contribution in [2.45, 2.75) is 19.8 Å². The van der Waals surface area contributed by atoms with Crippen molar-refractivity contribution in [2.75, 3.05) is 11.9 Å². The van der Waals surface area contributed by atoms with Crippen LogP contribution in [-0.4, -0.2) is 28.5 Å². The van der Waals surface area contributed by atoms with Gasteiger partial charge in [-0.3, -0.25) is 14.6 Å². The summed E-state index contributed by atoms with van der Waals surface area (Å²) in [5, 5.41) is 5.67. The standard InChI is InChI=1S/C20H19N3O3S/c1-2-26-19(25)9-8-18(24)22-16-7-3-5-14(11-16)17-13-27-20(23-17)15-6-4-10-21-12-15/h3-7,10-13H,2,8-9H2,1H3,(H,22,24). The Balaban J connectivity index is 1.66. The van der Waals surface area contributed by atoms with Crippen LogP contribution in [-0.2, 0) is 14.3 Å². The number of carbonyl (C=O) groups excluding carboxylic acids is 2. The molecule has 3 rings (SSSR count). The van der Waals surface area contributed by atoms with E-state index in [4.69, 9.17) is 4.74 Å². The molecule has 3 aromatic rings. The number of thiazole rings is 1. The van der Waals surface area contributed by atoms with Crippen LogP contribution in [0.2, 0.25) is 0 Å². The molecule has 1 amide bonds. The van der Waals surface area contributed by atoms with E-state index in [1.54, 1.807) is 36.7 Å². The number of hydrogen-bond donors (Lipinski definition) is 1. The van der Waals surface area contributed by atoms with E-state index >= 15 is 0 Å². The first-order valence-electron chi connectivity index (χ1n) is 8.57. The number of esters is 1. The van der Waals surface area contributed by atoms with E-state index in [1.165, 1.54) is 0 Å². The number of pyridine rings is 1. The molecular formula is C20H19N3O3S. The largest absolute Gasteiger partial charge is 0.466 e. The van der Waals surface area contributed by atoms with Gasteiger partial charge in [-0.15, -0.1) is 11.3 Å². The number of nitrogens with zero attached hydrogens (tertiary/aromatic N) is 2. The summed E-state index contributed by atoms with van der Waals surface area (Å²) in [5.41, 5.74) is 3.38. The molecule has 0 radical (unpaired) electrons. The molecule has 27 heavy (non-hydrogen) atoms. The van der Waals surface area contributed by atoms with Gasteiger partial charge < -0.3 is 10.1 Å². The highest BCUT2D eigenvalue weighted by molar-refractivity contribution is 7.13. The highest BCUT2D eigenvalue weighted by Gasteiger charge is 2.10. The summed E-state index contributed by atoms with van der Waals surface area (Å²) in [6.07, 6.45) is 3.67. The number of carbonyl (C=O) groups is 2. The van der Waals surface area contributed by atoms with Crippen LogP contribution in [0, 0.1) is 0 Å². The van der Waals surface area contributed by atoms with Gasteiger partial charge in [0.25, 0.3) is 0 Å². The van der Waals surface area contributed by atoms with Crippen molar-refractivity contribution in [3.8, 4) is 21.8 Å². The lowest BCUT2D eigenvalue weighted by atomic mass is 10.1. The molecule has 1 N–H and O–H groups in total. The van der Waals surface area contributed by atoms with Crippen molar-refractivity contribution < 1.29 is 14.3 Å². The van der Waals surface area contributed by atoms with Crippen LogP contribution in [0.5, 0.6) is 0 Å². The highest BCUT2D eigenvalue weighted by atomic mass is 32.1. The molecule has 6 nitrogen and oxygen atoms in total. The van der Waals surface area contributed by atoms with Crippen molar-refractivity contribution in [3.63, 3.8) is 0 Å². The molecule has 2 heterocycles. The first-order valence-corrected chi connectivity index (χ1v) is 9.45. The quantitative estimate of drug-likeness (QED) is 0.622. The fourth-order valence-electron chi connectivity index (χ4n) is 2.46. The maximum absolute atomic E-state index is 12.0. The third kappa shape index (κ3) is 5.21. The molecule has 0 aliphatic rings. The number of ether oxygens (including phenoxy) is 1. The molecule has 0 atom stereocenters. The van der Waals surface area contributed by atoms with Crippen LogP contribution in [0.25, 0.3) is 21.8 Å². The van der Waals surface area contributed by atoms with Gasteiger partial charge in [0.05, 0.1) is 18.7 Å². The first kappa shape index (κ1) is 18.7. The molecule has 138 valence electrons. The van der Waals surface area contributed by atoms with E-state index < -0.39 is 0 Å². The third-order valence-corrected chi connectivity index (χ3v) is 4.61. The predicted molar refractivity (Wildman–Crippen MR) is 105 cm³/mol. The van der Waals surface area contributed by atoms with E-state index in [-0.39, 0.29) is 24.7 Å². The average molecular weight is 381 g/mol. The molecule has 0 aliphatic carbocycles. The maximum Gasteiger partial charge on any atom is 0.306 e. The minimum Gasteiger partial charge on any atom is -0.466 e. The van der Waals surface area contributed by atoms with Gasteiger partial charge in [0.2, 0.25) is 5.91 Å². The second-order valence-corrected chi connectivity index (χ2v) is 6.57. The monoisotopic (exact) mass is 381 g/mol. The zero-order valence-corrected chi connectivity index (χ0v) is 15.7. The Morgan fingerprint density at radius 2 is 2.00 bits per heavy atom. The van der Waals surface area contributed by atoms with E-state index in [2.05, 4.69) is 15.3 Å². The van der Waals surface area contributed by atoms with Gasteiger partial charge in [-0.05, 0) is 31.2 Å². The SMILES string of the molecule is CCOC(=O)CCC(=O)Nc1cccc(-c2csc(-c3cccnc3)n2)c1.